The first-order chi connectivity index (χ1) is 17.0. The quantitative estimate of drug-likeness (QED) is 0.423. The maximum atomic E-state index is 12.5. The second-order valence-corrected chi connectivity index (χ2v) is 10.00. The molecule has 6 rings (SSSR count). The number of rotatable bonds is 6. The van der Waals surface area contributed by atoms with E-state index in [0.29, 0.717) is 36.2 Å². The van der Waals surface area contributed by atoms with Crippen LogP contribution in [-0.2, 0) is 10.4 Å². The molecule has 1 saturated heterocycles. The lowest BCUT2D eigenvalue weighted by Gasteiger charge is -2.26. The van der Waals surface area contributed by atoms with Gasteiger partial charge >= 0.3 is 0 Å². The van der Waals surface area contributed by atoms with Crippen molar-refractivity contribution in [3.8, 4) is 22.0 Å². The topological polar surface area (TPSA) is 109 Å². The third-order valence-corrected chi connectivity index (χ3v) is 7.75. The molecule has 10 heteroatoms. The van der Waals surface area contributed by atoms with Crippen LogP contribution in [0.1, 0.15) is 37.3 Å². The minimum atomic E-state index is -1.48. The molecule has 2 fully saturated rings. The number of aromatic nitrogens is 5. The Labute approximate surface area is 206 Å². The first-order valence-electron chi connectivity index (χ1n) is 11.7. The predicted octanol–water partition coefficient (Wildman–Crippen LogP) is 3.98. The van der Waals surface area contributed by atoms with E-state index in [1.165, 1.54) is 30.6 Å². The number of carbonyl (C=O) groups excluding carboxylic acids is 1. The van der Waals surface area contributed by atoms with Crippen molar-refractivity contribution in [3.05, 3.63) is 60.0 Å². The van der Waals surface area contributed by atoms with Crippen molar-refractivity contribution in [3.63, 3.8) is 0 Å². The molecule has 4 aromatic rings. The molecule has 1 aliphatic heterocycles. The number of carbonyl (C=O) groups is 1. The number of imidazole rings is 1. The summed E-state index contributed by atoms with van der Waals surface area (Å²) in [4.78, 5) is 32.2. The van der Waals surface area contributed by atoms with Crippen LogP contribution in [0.4, 0.5) is 11.8 Å². The Kier molecular flexibility index (Phi) is 5.34. The van der Waals surface area contributed by atoms with Crippen LogP contribution in [0.2, 0.25) is 0 Å². The summed E-state index contributed by atoms with van der Waals surface area (Å²) in [5.74, 6) is 0.909. The van der Waals surface area contributed by atoms with Gasteiger partial charge < -0.3 is 19.9 Å². The van der Waals surface area contributed by atoms with Gasteiger partial charge in [0.15, 0.2) is 11.4 Å². The van der Waals surface area contributed by atoms with Crippen LogP contribution in [0.25, 0.3) is 22.0 Å². The maximum Gasteiger partial charge on any atom is 0.258 e. The van der Waals surface area contributed by atoms with E-state index in [4.69, 9.17) is 4.98 Å². The van der Waals surface area contributed by atoms with E-state index in [1.54, 1.807) is 24.2 Å². The minimum absolute atomic E-state index is 0.270. The van der Waals surface area contributed by atoms with Gasteiger partial charge in [0.2, 0.25) is 5.95 Å². The molecule has 1 amide bonds. The number of benzene rings is 1. The molecular weight excluding hydrogens is 462 g/mol. The zero-order valence-electron chi connectivity index (χ0n) is 19.3. The summed E-state index contributed by atoms with van der Waals surface area (Å²) in [5.41, 5.74) is 1.39. The van der Waals surface area contributed by atoms with Gasteiger partial charge in [-0.2, -0.15) is 0 Å². The van der Waals surface area contributed by atoms with Crippen molar-refractivity contribution in [2.45, 2.75) is 37.3 Å². The number of hydrogen-bond donors (Lipinski definition) is 2. The lowest BCUT2D eigenvalue weighted by Crippen LogP contribution is -2.36. The third kappa shape index (κ3) is 3.98. The summed E-state index contributed by atoms with van der Waals surface area (Å²) in [5, 5.41) is 16.9. The standard InChI is InChI=1S/C25H25N7O2S/c1-31-11-9-25(34,23(31)33)17-5-2-4-16(12-17)22-28-20(14-35-22)19-8-10-26-24(29-19)30-21-13-32(15-27-21)18-6-3-7-18/h2,4-5,8,10,12-15,18,34H,3,6-7,9,11H2,1H3,(H,26,29,30)/t25-/m1/s1. The van der Waals surface area contributed by atoms with Gasteiger partial charge in [0.25, 0.3) is 5.91 Å². The van der Waals surface area contributed by atoms with E-state index in [9.17, 15) is 9.90 Å². The van der Waals surface area contributed by atoms with E-state index >= 15 is 0 Å². The van der Waals surface area contributed by atoms with Crippen LogP contribution in [0.15, 0.2) is 54.4 Å². The molecule has 0 unspecified atom stereocenters. The van der Waals surface area contributed by atoms with Crippen LogP contribution in [-0.4, -0.2) is 54.0 Å². The summed E-state index contributed by atoms with van der Waals surface area (Å²) in [7, 11) is 1.71. The van der Waals surface area contributed by atoms with Gasteiger partial charge in [0.05, 0.1) is 12.0 Å². The number of thiazole rings is 1. The van der Waals surface area contributed by atoms with Gasteiger partial charge in [-0.15, -0.1) is 11.3 Å². The summed E-state index contributed by atoms with van der Waals surface area (Å²) in [6.45, 7) is 0.534. The monoisotopic (exact) mass is 487 g/mol. The van der Waals surface area contributed by atoms with Crippen LogP contribution in [0, 0.1) is 0 Å². The highest BCUT2D eigenvalue weighted by molar-refractivity contribution is 7.13. The molecule has 35 heavy (non-hydrogen) atoms. The highest BCUT2D eigenvalue weighted by Gasteiger charge is 2.45. The Bertz CT molecular complexity index is 1400. The zero-order valence-corrected chi connectivity index (χ0v) is 20.1. The fraction of sp³-hybridized carbons (Fsp3) is 0.320. The molecule has 1 aromatic carbocycles. The lowest BCUT2D eigenvalue weighted by atomic mass is 9.91. The van der Waals surface area contributed by atoms with Crippen molar-refractivity contribution in [1.29, 1.82) is 0 Å². The van der Waals surface area contributed by atoms with Crippen LogP contribution in [0.3, 0.4) is 0 Å². The van der Waals surface area contributed by atoms with E-state index in [-0.39, 0.29) is 5.91 Å². The predicted molar refractivity (Wildman–Crippen MR) is 133 cm³/mol. The average Bonchev–Trinajstić information content (AvgIpc) is 3.56. The molecule has 0 radical (unpaired) electrons. The number of nitrogens with zero attached hydrogens (tertiary/aromatic N) is 6. The van der Waals surface area contributed by atoms with E-state index in [0.717, 1.165) is 22.1 Å². The second-order valence-electron chi connectivity index (χ2n) is 9.14. The average molecular weight is 488 g/mol. The van der Waals surface area contributed by atoms with E-state index in [1.807, 2.05) is 42.2 Å². The molecule has 1 saturated carbocycles. The van der Waals surface area contributed by atoms with Gasteiger partial charge in [-0.3, -0.25) is 4.79 Å². The molecule has 2 aliphatic rings. The number of anilines is 2. The lowest BCUT2D eigenvalue weighted by molar-refractivity contribution is -0.143. The normalized spacial score (nSPS) is 20.3. The molecule has 2 N–H and O–H groups in total. The molecule has 0 bridgehead atoms. The fourth-order valence-corrected chi connectivity index (χ4v) is 5.33. The molecule has 3 aromatic heterocycles. The Morgan fingerprint density at radius 2 is 2.06 bits per heavy atom. The highest BCUT2D eigenvalue weighted by atomic mass is 32.1. The number of aliphatic hydroxyl groups is 1. The Hall–Kier alpha value is -3.63. The highest BCUT2D eigenvalue weighted by Crippen LogP contribution is 2.36. The second kappa shape index (κ2) is 8.54. The molecular formula is C25H25N7O2S. The number of amides is 1. The van der Waals surface area contributed by atoms with Gasteiger partial charge in [-0.1, -0.05) is 18.2 Å². The van der Waals surface area contributed by atoms with Gasteiger partial charge in [-0.25, -0.2) is 19.9 Å². The number of likely N-dealkylation sites (tertiary alicyclic amines) is 1. The maximum absolute atomic E-state index is 12.5. The Morgan fingerprint density at radius 3 is 2.83 bits per heavy atom. The number of nitrogens with one attached hydrogen (secondary N) is 1. The molecule has 1 aliphatic carbocycles. The largest absolute Gasteiger partial charge is 0.375 e. The SMILES string of the molecule is CN1CC[C@@](O)(c2cccc(-c3nc(-c4ccnc(Nc5cn(C6CCC6)cn5)n4)cs3)c2)C1=O. The number of likely N-dealkylation sites (N-methyl/N-ethyl adjacent to an activating group) is 1. The minimum Gasteiger partial charge on any atom is -0.375 e. The van der Waals surface area contributed by atoms with Crippen LogP contribution < -0.4 is 5.32 Å². The molecule has 1 atom stereocenters. The zero-order chi connectivity index (χ0) is 24.0. The van der Waals surface area contributed by atoms with E-state index < -0.39 is 5.60 Å². The van der Waals surface area contributed by atoms with E-state index in [2.05, 4.69) is 24.8 Å². The smallest absolute Gasteiger partial charge is 0.258 e. The fourth-order valence-electron chi connectivity index (χ4n) is 4.52. The van der Waals surface area contributed by atoms with Gasteiger partial charge in [0.1, 0.15) is 10.7 Å². The third-order valence-electron chi connectivity index (χ3n) is 6.86. The molecule has 9 nitrogen and oxygen atoms in total. The Morgan fingerprint density at radius 1 is 1.17 bits per heavy atom. The van der Waals surface area contributed by atoms with Crippen molar-refractivity contribution in [2.24, 2.45) is 0 Å². The van der Waals surface area contributed by atoms with Gasteiger partial charge in [0, 0.05) is 49.4 Å². The summed E-state index contributed by atoms with van der Waals surface area (Å²) in [6, 6.07) is 9.80. The summed E-state index contributed by atoms with van der Waals surface area (Å²) >= 11 is 1.49. The molecule has 178 valence electrons. The Balaban J connectivity index is 1.22. The number of hydrogen-bond acceptors (Lipinski definition) is 8. The van der Waals surface area contributed by atoms with Crippen molar-refractivity contribution < 1.29 is 9.90 Å². The van der Waals surface area contributed by atoms with Gasteiger partial charge in [-0.05, 0) is 37.0 Å². The summed E-state index contributed by atoms with van der Waals surface area (Å²) < 4.78 is 2.14. The molecule has 4 heterocycles. The summed E-state index contributed by atoms with van der Waals surface area (Å²) in [6.07, 6.45) is 9.59. The van der Waals surface area contributed by atoms with Crippen LogP contribution >= 0.6 is 11.3 Å². The van der Waals surface area contributed by atoms with Crippen molar-refractivity contribution >= 4 is 29.0 Å². The first kappa shape index (κ1) is 21.9. The first-order valence-corrected chi connectivity index (χ1v) is 12.6. The van der Waals surface area contributed by atoms with Crippen molar-refractivity contribution in [1.82, 2.24) is 29.4 Å². The van der Waals surface area contributed by atoms with Crippen molar-refractivity contribution in [2.75, 3.05) is 18.9 Å². The molecule has 0 spiro atoms. The van der Waals surface area contributed by atoms with Crippen LogP contribution in [0.5, 0.6) is 0 Å².